The van der Waals surface area contributed by atoms with E-state index in [1.165, 1.54) is 11.6 Å². The second-order valence-corrected chi connectivity index (χ2v) is 7.34. The molecule has 2 heterocycles. The molecule has 27 heavy (non-hydrogen) atoms. The quantitative estimate of drug-likeness (QED) is 0.678. The molecule has 2 aromatic carbocycles. The summed E-state index contributed by atoms with van der Waals surface area (Å²) in [5, 5.41) is 1.12. The average Bonchev–Trinajstić information content (AvgIpc) is 3.35. The van der Waals surface area contributed by atoms with Crippen LogP contribution in [0.4, 0.5) is 4.39 Å². The van der Waals surface area contributed by atoms with Crippen LogP contribution in [0.25, 0.3) is 10.9 Å². The zero-order valence-corrected chi connectivity index (χ0v) is 15.7. The summed E-state index contributed by atoms with van der Waals surface area (Å²) in [6.07, 6.45) is 5.45. The van der Waals surface area contributed by atoms with Gasteiger partial charge in [-0.3, -0.25) is 4.79 Å². The van der Waals surface area contributed by atoms with Crippen molar-refractivity contribution in [1.29, 1.82) is 0 Å². The Bertz CT molecular complexity index is 956. The summed E-state index contributed by atoms with van der Waals surface area (Å²) in [6.45, 7) is 3.81. The number of nitrogens with one attached hydrogen (secondary N) is 1. The molecule has 140 valence electrons. The fraction of sp³-hybridized carbons (Fsp3) is 0.348. The predicted octanol–water partition coefficient (Wildman–Crippen LogP) is 5.01. The van der Waals surface area contributed by atoms with Crippen molar-refractivity contribution in [2.75, 3.05) is 13.1 Å². The van der Waals surface area contributed by atoms with Gasteiger partial charge in [0.15, 0.2) is 0 Å². The molecular weight excluding hydrogens is 339 g/mol. The smallest absolute Gasteiger partial charge is 0.223 e. The van der Waals surface area contributed by atoms with Gasteiger partial charge in [-0.15, -0.1) is 0 Å². The molecule has 1 fully saturated rings. The molecule has 1 atom stereocenters. The number of aromatic amines is 1. The van der Waals surface area contributed by atoms with E-state index >= 15 is 0 Å². The van der Waals surface area contributed by atoms with E-state index in [2.05, 4.69) is 30.1 Å². The fourth-order valence-corrected chi connectivity index (χ4v) is 4.22. The Morgan fingerprint density at radius 1 is 1.19 bits per heavy atom. The van der Waals surface area contributed by atoms with E-state index in [1.54, 1.807) is 12.1 Å². The Morgan fingerprint density at radius 2 is 1.96 bits per heavy atom. The van der Waals surface area contributed by atoms with Gasteiger partial charge in [-0.2, -0.15) is 0 Å². The summed E-state index contributed by atoms with van der Waals surface area (Å²) in [6, 6.07) is 12.9. The summed E-state index contributed by atoms with van der Waals surface area (Å²) < 4.78 is 13.9. The fourth-order valence-electron chi connectivity index (χ4n) is 4.22. The molecule has 1 aliphatic heterocycles. The number of para-hydroxylation sites is 1. The number of aromatic nitrogens is 1. The van der Waals surface area contributed by atoms with Gasteiger partial charge in [0.2, 0.25) is 5.91 Å². The SMILES string of the molecule is CCc1cccc2c([C@H](CC(=O)N3CCCC3)c3cccc(F)c3)c[nH]c12. The van der Waals surface area contributed by atoms with Gasteiger partial charge in [-0.25, -0.2) is 4.39 Å². The van der Waals surface area contributed by atoms with E-state index in [-0.39, 0.29) is 17.6 Å². The largest absolute Gasteiger partial charge is 0.361 e. The standard InChI is InChI=1S/C23H25FN2O/c1-2-16-7-6-10-19-21(15-25-23(16)19)20(17-8-5-9-18(24)13-17)14-22(27)26-11-3-4-12-26/h5-10,13,15,20,25H,2-4,11-12,14H2,1H3/t20-/m1/s1. The summed E-state index contributed by atoms with van der Waals surface area (Å²) >= 11 is 0. The molecule has 1 aromatic heterocycles. The lowest BCUT2D eigenvalue weighted by Gasteiger charge is -2.21. The molecule has 1 aliphatic rings. The minimum absolute atomic E-state index is 0.155. The Kier molecular flexibility index (Phi) is 4.97. The maximum atomic E-state index is 13.9. The van der Waals surface area contributed by atoms with Crippen molar-refractivity contribution in [3.05, 3.63) is 71.2 Å². The summed E-state index contributed by atoms with van der Waals surface area (Å²) in [4.78, 5) is 18.2. The molecule has 0 radical (unpaired) electrons. The summed E-state index contributed by atoms with van der Waals surface area (Å²) in [7, 11) is 0. The number of carbonyl (C=O) groups is 1. The molecule has 0 aliphatic carbocycles. The second-order valence-electron chi connectivity index (χ2n) is 7.34. The molecule has 1 saturated heterocycles. The third-order valence-corrected chi connectivity index (χ3v) is 5.68. The lowest BCUT2D eigenvalue weighted by Crippen LogP contribution is -2.29. The topological polar surface area (TPSA) is 36.1 Å². The highest BCUT2D eigenvalue weighted by Crippen LogP contribution is 2.35. The van der Waals surface area contributed by atoms with Gasteiger partial charge in [0.25, 0.3) is 0 Å². The molecule has 1 amide bonds. The lowest BCUT2D eigenvalue weighted by molar-refractivity contribution is -0.130. The van der Waals surface area contributed by atoms with Crippen molar-refractivity contribution < 1.29 is 9.18 Å². The number of H-pyrrole nitrogens is 1. The van der Waals surface area contributed by atoms with Crippen LogP contribution in [0.5, 0.6) is 0 Å². The number of fused-ring (bicyclic) bond motifs is 1. The van der Waals surface area contributed by atoms with Gasteiger partial charge in [-0.1, -0.05) is 37.3 Å². The van der Waals surface area contributed by atoms with E-state index in [1.807, 2.05) is 17.2 Å². The van der Waals surface area contributed by atoms with Gasteiger partial charge in [0.1, 0.15) is 5.82 Å². The van der Waals surface area contributed by atoms with Crippen LogP contribution in [0.3, 0.4) is 0 Å². The molecule has 1 N–H and O–H groups in total. The third kappa shape index (κ3) is 3.48. The van der Waals surface area contributed by atoms with Crippen molar-refractivity contribution in [3.63, 3.8) is 0 Å². The Labute approximate surface area is 159 Å². The number of halogens is 1. The van der Waals surface area contributed by atoms with E-state index in [0.29, 0.717) is 6.42 Å². The zero-order chi connectivity index (χ0) is 18.8. The first-order valence-corrected chi connectivity index (χ1v) is 9.79. The number of benzene rings is 2. The maximum Gasteiger partial charge on any atom is 0.223 e. The maximum absolute atomic E-state index is 13.9. The summed E-state index contributed by atoms with van der Waals surface area (Å²) in [5.74, 6) is -0.266. The van der Waals surface area contributed by atoms with E-state index in [4.69, 9.17) is 0 Å². The van der Waals surface area contributed by atoms with Gasteiger partial charge in [-0.05, 0) is 48.1 Å². The van der Waals surface area contributed by atoms with Crippen LogP contribution in [0, 0.1) is 5.82 Å². The number of nitrogens with zero attached hydrogens (tertiary/aromatic N) is 1. The molecule has 0 spiro atoms. The second kappa shape index (κ2) is 7.55. The van der Waals surface area contributed by atoms with E-state index < -0.39 is 0 Å². The van der Waals surface area contributed by atoms with Gasteiger partial charge >= 0.3 is 0 Å². The van der Waals surface area contributed by atoms with Crippen molar-refractivity contribution in [2.24, 2.45) is 0 Å². The number of carbonyl (C=O) groups excluding carboxylic acids is 1. The molecule has 3 nitrogen and oxygen atoms in total. The number of amides is 1. The molecule has 0 unspecified atom stereocenters. The van der Waals surface area contributed by atoms with Crippen LogP contribution in [-0.2, 0) is 11.2 Å². The average molecular weight is 364 g/mol. The van der Waals surface area contributed by atoms with Crippen LogP contribution in [0.15, 0.2) is 48.7 Å². The van der Waals surface area contributed by atoms with Crippen LogP contribution in [0.1, 0.15) is 48.8 Å². The predicted molar refractivity (Wildman–Crippen MR) is 106 cm³/mol. The highest BCUT2D eigenvalue weighted by molar-refractivity contribution is 5.88. The van der Waals surface area contributed by atoms with Crippen LogP contribution in [0.2, 0.25) is 0 Å². The Balaban J connectivity index is 1.77. The zero-order valence-electron chi connectivity index (χ0n) is 15.7. The molecule has 0 saturated carbocycles. The highest BCUT2D eigenvalue weighted by atomic mass is 19.1. The minimum Gasteiger partial charge on any atom is -0.361 e. The van der Waals surface area contributed by atoms with Crippen LogP contribution in [-0.4, -0.2) is 28.9 Å². The van der Waals surface area contributed by atoms with E-state index in [9.17, 15) is 9.18 Å². The van der Waals surface area contributed by atoms with Crippen molar-refractivity contribution in [3.8, 4) is 0 Å². The summed E-state index contributed by atoms with van der Waals surface area (Å²) in [5.41, 5.74) is 4.29. The number of hydrogen-bond acceptors (Lipinski definition) is 1. The van der Waals surface area contributed by atoms with Gasteiger partial charge in [0, 0.05) is 42.5 Å². The Hall–Kier alpha value is -2.62. The van der Waals surface area contributed by atoms with Crippen LogP contribution < -0.4 is 0 Å². The molecule has 4 heteroatoms. The minimum atomic E-state index is -0.264. The molecule has 0 bridgehead atoms. The highest BCUT2D eigenvalue weighted by Gasteiger charge is 2.26. The number of aryl methyl sites for hydroxylation is 1. The van der Waals surface area contributed by atoms with Gasteiger partial charge < -0.3 is 9.88 Å². The molecule has 4 rings (SSSR count). The lowest BCUT2D eigenvalue weighted by atomic mass is 9.87. The first kappa shape index (κ1) is 17.8. The number of hydrogen-bond donors (Lipinski definition) is 1. The normalized spacial score (nSPS) is 15.4. The monoisotopic (exact) mass is 364 g/mol. The third-order valence-electron chi connectivity index (χ3n) is 5.68. The number of likely N-dealkylation sites (tertiary alicyclic amines) is 1. The van der Waals surface area contributed by atoms with Crippen molar-refractivity contribution >= 4 is 16.8 Å². The van der Waals surface area contributed by atoms with E-state index in [0.717, 1.165) is 54.4 Å². The molecule has 3 aromatic rings. The first-order chi connectivity index (χ1) is 13.2. The van der Waals surface area contributed by atoms with Crippen molar-refractivity contribution in [1.82, 2.24) is 9.88 Å². The van der Waals surface area contributed by atoms with Gasteiger partial charge in [0.05, 0.1) is 0 Å². The Morgan fingerprint density at radius 3 is 2.70 bits per heavy atom. The first-order valence-electron chi connectivity index (χ1n) is 9.79. The van der Waals surface area contributed by atoms with Crippen LogP contribution >= 0.6 is 0 Å². The van der Waals surface area contributed by atoms with Crippen molar-refractivity contribution in [2.45, 2.75) is 38.5 Å². The molecular formula is C23H25FN2O. The number of rotatable bonds is 5.